The Morgan fingerprint density at radius 3 is 2.44 bits per heavy atom. The second-order valence-corrected chi connectivity index (χ2v) is 3.66. The summed E-state index contributed by atoms with van der Waals surface area (Å²) in [6, 6.07) is 4.74. The SMILES string of the molecule is COc1cccc2c1C(=O)C(=O)C(C)C2=O. The minimum Gasteiger partial charge on any atom is -0.496 e. The van der Waals surface area contributed by atoms with Crippen LogP contribution in [-0.4, -0.2) is 24.5 Å². The Hall–Kier alpha value is -1.97. The lowest BCUT2D eigenvalue weighted by Crippen LogP contribution is -2.35. The van der Waals surface area contributed by atoms with Crippen LogP contribution < -0.4 is 4.74 Å². The monoisotopic (exact) mass is 218 g/mol. The molecule has 4 heteroatoms. The predicted octanol–water partition coefficient (Wildman–Crippen LogP) is 1.28. The fraction of sp³-hybridized carbons (Fsp3) is 0.250. The summed E-state index contributed by atoms with van der Waals surface area (Å²) in [5.74, 6) is -2.23. The van der Waals surface area contributed by atoms with Crippen molar-refractivity contribution >= 4 is 17.3 Å². The van der Waals surface area contributed by atoms with Crippen LogP contribution in [0.5, 0.6) is 5.75 Å². The van der Waals surface area contributed by atoms with Crippen LogP contribution in [0.25, 0.3) is 0 Å². The number of carbonyl (C=O) groups excluding carboxylic acids is 3. The summed E-state index contributed by atoms with van der Waals surface area (Å²) in [7, 11) is 1.40. The lowest BCUT2D eigenvalue weighted by Gasteiger charge is -2.19. The maximum atomic E-state index is 11.8. The van der Waals surface area contributed by atoms with E-state index in [9.17, 15) is 14.4 Å². The highest BCUT2D eigenvalue weighted by Crippen LogP contribution is 2.30. The molecule has 1 unspecified atom stereocenters. The molecule has 82 valence electrons. The molecule has 0 bridgehead atoms. The lowest BCUT2D eigenvalue weighted by atomic mass is 9.81. The van der Waals surface area contributed by atoms with E-state index in [0.29, 0.717) is 0 Å². The van der Waals surface area contributed by atoms with Crippen molar-refractivity contribution in [2.24, 2.45) is 5.92 Å². The third kappa shape index (κ3) is 1.26. The Morgan fingerprint density at radius 1 is 1.12 bits per heavy atom. The molecule has 1 aliphatic carbocycles. The summed E-state index contributed by atoms with van der Waals surface area (Å²) >= 11 is 0. The van der Waals surface area contributed by atoms with Crippen LogP contribution in [0.3, 0.4) is 0 Å². The molecule has 1 aromatic rings. The molecule has 1 aliphatic rings. The van der Waals surface area contributed by atoms with Gasteiger partial charge in [0, 0.05) is 5.56 Å². The van der Waals surface area contributed by atoms with E-state index in [1.165, 1.54) is 14.0 Å². The van der Waals surface area contributed by atoms with Crippen molar-refractivity contribution in [1.82, 2.24) is 0 Å². The van der Waals surface area contributed by atoms with Crippen LogP contribution in [0, 0.1) is 5.92 Å². The van der Waals surface area contributed by atoms with E-state index in [4.69, 9.17) is 4.74 Å². The molecule has 0 radical (unpaired) electrons. The van der Waals surface area contributed by atoms with Gasteiger partial charge in [-0.05, 0) is 13.0 Å². The normalized spacial score (nSPS) is 19.6. The molecule has 16 heavy (non-hydrogen) atoms. The number of ketones is 3. The minimum atomic E-state index is -0.882. The number of carbonyl (C=O) groups is 3. The van der Waals surface area contributed by atoms with Gasteiger partial charge in [-0.3, -0.25) is 14.4 Å². The lowest BCUT2D eigenvalue weighted by molar-refractivity contribution is -0.117. The molecular weight excluding hydrogens is 208 g/mol. The molecule has 1 aromatic carbocycles. The Balaban J connectivity index is 2.73. The van der Waals surface area contributed by atoms with E-state index in [-0.39, 0.29) is 22.7 Å². The summed E-state index contributed by atoms with van der Waals surface area (Å²) in [4.78, 5) is 35.1. The van der Waals surface area contributed by atoms with Crippen molar-refractivity contribution in [2.75, 3.05) is 7.11 Å². The highest BCUT2D eigenvalue weighted by Gasteiger charge is 2.39. The van der Waals surface area contributed by atoms with Crippen LogP contribution in [-0.2, 0) is 4.79 Å². The average Bonchev–Trinajstić information content (AvgIpc) is 2.32. The van der Waals surface area contributed by atoms with Gasteiger partial charge < -0.3 is 4.74 Å². The first-order chi connectivity index (χ1) is 7.57. The summed E-state index contributed by atoms with van der Waals surface area (Å²) in [6.45, 7) is 1.45. The summed E-state index contributed by atoms with van der Waals surface area (Å²) in [5, 5.41) is 0. The predicted molar refractivity (Wildman–Crippen MR) is 55.8 cm³/mol. The highest BCUT2D eigenvalue weighted by molar-refractivity contribution is 6.52. The van der Waals surface area contributed by atoms with Gasteiger partial charge in [0.1, 0.15) is 5.75 Å². The van der Waals surface area contributed by atoms with Gasteiger partial charge in [0.2, 0.25) is 11.6 Å². The molecule has 0 aliphatic heterocycles. The molecule has 0 heterocycles. The highest BCUT2D eigenvalue weighted by atomic mass is 16.5. The Morgan fingerprint density at radius 2 is 1.81 bits per heavy atom. The molecule has 0 aromatic heterocycles. The molecule has 0 amide bonds. The van der Waals surface area contributed by atoms with Crippen molar-refractivity contribution in [3.05, 3.63) is 29.3 Å². The maximum Gasteiger partial charge on any atom is 0.233 e. The third-order valence-corrected chi connectivity index (χ3v) is 2.75. The smallest absolute Gasteiger partial charge is 0.233 e. The van der Waals surface area contributed by atoms with E-state index in [1.54, 1.807) is 18.2 Å². The number of rotatable bonds is 1. The zero-order valence-electron chi connectivity index (χ0n) is 8.94. The van der Waals surface area contributed by atoms with Crippen molar-refractivity contribution in [1.29, 1.82) is 0 Å². The van der Waals surface area contributed by atoms with E-state index < -0.39 is 17.5 Å². The summed E-state index contributed by atoms with van der Waals surface area (Å²) < 4.78 is 4.99. The third-order valence-electron chi connectivity index (χ3n) is 2.75. The standard InChI is InChI=1S/C12H10O4/c1-6-10(13)7-4-3-5-8(16-2)9(7)12(15)11(6)14/h3-6H,1-2H3. The molecule has 0 N–H and O–H groups in total. The van der Waals surface area contributed by atoms with Crippen LogP contribution in [0.15, 0.2) is 18.2 Å². The zero-order chi connectivity index (χ0) is 11.9. The van der Waals surface area contributed by atoms with Gasteiger partial charge in [-0.25, -0.2) is 0 Å². The van der Waals surface area contributed by atoms with E-state index >= 15 is 0 Å². The van der Waals surface area contributed by atoms with Crippen LogP contribution in [0.2, 0.25) is 0 Å². The molecular formula is C12H10O4. The van der Waals surface area contributed by atoms with Gasteiger partial charge in [0.05, 0.1) is 18.6 Å². The second kappa shape index (κ2) is 3.56. The topological polar surface area (TPSA) is 60.4 Å². The van der Waals surface area contributed by atoms with Crippen molar-refractivity contribution in [2.45, 2.75) is 6.92 Å². The fourth-order valence-corrected chi connectivity index (χ4v) is 1.81. The fourth-order valence-electron chi connectivity index (χ4n) is 1.81. The van der Waals surface area contributed by atoms with Crippen molar-refractivity contribution in [3.63, 3.8) is 0 Å². The molecule has 2 rings (SSSR count). The molecule has 0 saturated carbocycles. The number of methoxy groups -OCH3 is 1. The van der Waals surface area contributed by atoms with Crippen LogP contribution in [0.1, 0.15) is 27.6 Å². The number of Topliss-reactive ketones (excluding diaryl/α,β-unsaturated/α-hetero) is 3. The molecule has 4 nitrogen and oxygen atoms in total. The minimum absolute atomic E-state index is 0.0955. The molecule has 0 spiro atoms. The van der Waals surface area contributed by atoms with Crippen LogP contribution >= 0.6 is 0 Å². The van der Waals surface area contributed by atoms with Gasteiger partial charge in [-0.1, -0.05) is 12.1 Å². The number of hydrogen-bond donors (Lipinski definition) is 0. The Bertz CT molecular complexity index is 502. The first-order valence-electron chi connectivity index (χ1n) is 4.87. The van der Waals surface area contributed by atoms with Crippen LogP contribution in [0.4, 0.5) is 0 Å². The second-order valence-electron chi connectivity index (χ2n) is 3.66. The molecule has 1 atom stereocenters. The maximum absolute atomic E-state index is 11.8. The van der Waals surface area contributed by atoms with Gasteiger partial charge in [-0.2, -0.15) is 0 Å². The molecule has 0 saturated heterocycles. The zero-order valence-corrected chi connectivity index (χ0v) is 8.94. The summed E-state index contributed by atoms with van der Waals surface area (Å²) in [5.41, 5.74) is 0.370. The van der Waals surface area contributed by atoms with Crippen molar-refractivity contribution < 1.29 is 19.1 Å². The van der Waals surface area contributed by atoms with E-state index in [1.807, 2.05) is 0 Å². The largest absolute Gasteiger partial charge is 0.496 e. The van der Waals surface area contributed by atoms with Crippen molar-refractivity contribution in [3.8, 4) is 5.75 Å². The average molecular weight is 218 g/mol. The van der Waals surface area contributed by atoms with E-state index in [2.05, 4.69) is 0 Å². The van der Waals surface area contributed by atoms with Gasteiger partial charge >= 0.3 is 0 Å². The van der Waals surface area contributed by atoms with Gasteiger partial charge in [0.15, 0.2) is 5.78 Å². The first kappa shape index (κ1) is 10.5. The van der Waals surface area contributed by atoms with Gasteiger partial charge in [0.25, 0.3) is 0 Å². The number of ether oxygens (including phenoxy) is 1. The quantitative estimate of drug-likeness (QED) is 0.526. The first-order valence-corrected chi connectivity index (χ1v) is 4.87. The number of benzene rings is 1. The summed E-state index contributed by atoms with van der Waals surface area (Å²) in [6.07, 6.45) is 0. The van der Waals surface area contributed by atoms with Gasteiger partial charge in [-0.15, -0.1) is 0 Å². The molecule has 0 fully saturated rings. The Kier molecular flexibility index (Phi) is 2.34. The number of hydrogen-bond acceptors (Lipinski definition) is 4. The number of fused-ring (bicyclic) bond motifs is 1. The van der Waals surface area contributed by atoms with E-state index in [0.717, 1.165) is 0 Å². The Labute approximate surface area is 92.2 Å².